The van der Waals surface area contributed by atoms with Crippen molar-refractivity contribution in [2.24, 2.45) is 0 Å². The fraction of sp³-hybridized carbons (Fsp3) is 0.286. The number of nitrogens with zero attached hydrogens (tertiary/aromatic N) is 1. The molecule has 0 atom stereocenters. The van der Waals surface area contributed by atoms with E-state index in [0.29, 0.717) is 0 Å². The molecule has 54 valence electrons. The summed E-state index contributed by atoms with van der Waals surface area (Å²) < 4.78 is 1.45. The van der Waals surface area contributed by atoms with Gasteiger partial charge in [0.1, 0.15) is 0 Å². The molecule has 0 saturated heterocycles. The van der Waals surface area contributed by atoms with E-state index in [1.54, 1.807) is 24.5 Å². The molecule has 0 radical (unpaired) electrons. The Balaban J connectivity index is 2.59. The molecular formula is C7H9NO2. The van der Waals surface area contributed by atoms with Gasteiger partial charge in [-0.1, -0.05) is 0 Å². The zero-order valence-corrected chi connectivity index (χ0v) is 5.53. The van der Waals surface area contributed by atoms with E-state index in [2.05, 4.69) is 0 Å². The lowest BCUT2D eigenvalue weighted by Gasteiger charge is -1.96. The van der Waals surface area contributed by atoms with Crippen molar-refractivity contribution < 1.29 is 9.90 Å². The van der Waals surface area contributed by atoms with Gasteiger partial charge in [0.2, 0.25) is 5.91 Å². The standard InChI is InChI=1S/C7H9NO2/c9-6-3-7(10)8-4-1-2-5-8/h1-2,4-5,9H,3,6H2. The van der Waals surface area contributed by atoms with Crippen LogP contribution in [0.25, 0.3) is 0 Å². The monoisotopic (exact) mass is 139 g/mol. The number of hydrogen-bond donors (Lipinski definition) is 1. The third-order valence-electron chi connectivity index (χ3n) is 1.22. The maximum atomic E-state index is 10.9. The van der Waals surface area contributed by atoms with Crippen molar-refractivity contribution in [2.45, 2.75) is 6.42 Å². The van der Waals surface area contributed by atoms with Crippen LogP contribution in [0.2, 0.25) is 0 Å². The SMILES string of the molecule is O=C(CCO)n1cccc1. The third-order valence-corrected chi connectivity index (χ3v) is 1.22. The Kier molecular flexibility index (Phi) is 2.23. The van der Waals surface area contributed by atoms with Crippen LogP contribution in [0.1, 0.15) is 11.2 Å². The largest absolute Gasteiger partial charge is 0.396 e. The second-order valence-corrected chi connectivity index (χ2v) is 1.96. The predicted molar refractivity (Wildman–Crippen MR) is 36.8 cm³/mol. The number of aliphatic hydroxyl groups excluding tert-OH is 1. The fourth-order valence-corrected chi connectivity index (χ4v) is 0.726. The predicted octanol–water partition coefficient (Wildman–Crippen LogP) is 0.511. The fourth-order valence-electron chi connectivity index (χ4n) is 0.726. The minimum atomic E-state index is -0.0863. The normalized spacial score (nSPS) is 9.70. The molecule has 0 aromatic carbocycles. The van der Waals surface area contributed by atoms with Gasteiger partial charge in [0, 0.05) is 12.4 Å². The molecule has 1 heterocycles. The molecule has 0 aliphatic carbocycles. The first-order chi connectivity index (χ1) is 4.84. The Morgan fingerprint density at radius 3 is 2.50 bits per heavy atom. The lowest BCUT2D eigenvalue weighted by Crippen LogP contribution is -2.09. The Hall–Kier alpha value is -1.09. The highest BCUT2D eigenvalue weighted by Crippen LogP contribution is 1.92. The van der Waals surface area contributed by atoms with Crippen LogP contribution in [0.4, 0.5) is 0 Å². The second kappa shape index (κ2) is 3.17. The van der Waals surface area contributed by atoms with Crippen LogP contribution >= 0.6 is 0 Å². The van der Waals surface area contributed by atoms with E-state index in [-0.39, 0.29) is 18.9 Å². The summed E-state index contributed by atoms with van der Waals surface area (Å²) in [6, 6.07) is 3.55. The Morgan fingerprint density at radius 1 is 1.40 bits per heavy atom. The van der Waals surface area contributed by atoms with Crippen LogP contribution in [-0.4, -0.2) is 22.2 Å². The molecular weight excluding hydrogens is 130 g/mol. The molecule has 0 fully saturated rings. The van der Waals surface area contributed by atoms with Gasteiger partial charge in [0.25, 0.3) is 0 Å². The summed E-state index contributed by atoms with van der Waals surface area (Å²) in [6.07, 6.45) is 3.52. The summed E-state index contributed by atoms with van der Waals surface area (Å²) in [5.41, 5.74) is 0. The van der Waals surface area contributed by atoms with Gasteiger partial charge in [0.05, 0.1) is 13.0 Å². The number of aliphatic hydroxyl groups is 1. The molecule has 0 aliphatic rings. The summed E-state index contributed by atoms with van der Waals surface area (Å²) >= 11 is 0. The molecule has 10 heavy (non-hydrogen) atoms. The van der Waals surface area contributed by atoms with Gasteiger partial charge in [-0.2, -0.15) is 0 Å². The molecule has 0 unspecified atom stereocenters. The van der Waals surface area contributed by atoms with Crippen molar-refractivity contribution in [3.05, 3.63) is 24.5 Å². The highest BCUT2D eigenvalue weighted by Gasteiger charge is 1.99. The van der Waals surface area contributed by atoms with Crippen molar-refractivity contribution >= 4 is 5.91 Å². The lowest BCUT2D eigenvalue weighted by atomic mass is 10.4. The Labute approximate surface area is 58.9 Å². The Morgan fingerprint density at radius 2 is 2.00 bits per heavy atom. The van der Waals surface area contributed by atoms with E-state index in [0.717, 1.165) is 0 Å². The van der Waals surface area contributed by atoms with Crippen molar-refractivity contribution in [2.75, 3.05) is 6.61 Å². The van der Waals surface area contributed by atoms with Gasteiger partial charge in [-0.15, -0.1) is 0 Å². The van der Waals surface area contributed by atoms with Crippen LogP contribution in [-0.2, 0) is 0 Å². The lowest BCUT2D eigenvalue weighted by molar-refractivity contribution is 0.0876. The minimum Gasteiger partial charge on any atom is -0.396 e. The number of hydrogen-bond acceptors (Lipinski definition) is 2. The molecule has 1 aromatic rings. The van der Waals surface area contributed by atoms with Crippen LogP contribution in [0.15, 0.2) is 24.5 Å². The Bertz CT molecular complexity index is 203. The zero-order valence-electron chi connectivity index (χ0n) is 5.53. The third kappa shape index (κ3) is 1.45. The number of rotatable bonds is 2. The molecule has 0 spiro atoms. The first-order valence-electron chi connectivity index (χ1n) is 3.11. The first kappa shape index (κ1) is 7.02. The average molecular weight is 139 g/mol. The van der Waals surface area contributed by atoms with E-state index in [9.17, 15) is 4.79 Å². The van der Waals surface area contributed by atoms with E-state index in [1.165, 1.54) is 4.57 Å². The molecule has 3 heteroatoms. The quantitative estimate of drug-likeness (QED) is 0.648. The van der Waals surface area contributed by atoms with E-state index in [4.69, 9.17) is 5.11 Å². The second-order valence-electron chi connectivity index (χ2n) is 1.96. The van der Waals surface area contributed by atoms with Crippen LogP contribution in [0.3, 0.4) is 0 Å². The van der Waals surface area contributed by atoms with E-state index < -0.39 is 0 Å². The van der Waals surface area contributed by atoms with Crippen molar-refractivity contribution in [3.63, 3.8) is 0 Å². The highest BCUT2D eigenvalue weighted by atomic mass is 16.3. The minimum absolute atomic E-state index is 0.0764. The molecule has 1 rings (SSSR count). The van der Waals surface area contributed by atoms with Crippen molar-refractivity contribution in [1.82, 2.24) is 4.57 Å². The molecule has 0 bridgehead atoms. The van der Waals surface area contributed by atoms with Gasteiger partial charge in [-0.3, -0.25) is 9.36 Å². The first-order valence-corrected chi connectivity index (χ1v) is 3.11. The van der Waals surface area contributed by atoms with E-state index >= 15 is 0 Å². The zero-order chi connectivity index (χ0) is 7.40. The van der Waals surface area contributed by atoms with Gasteiger partial charge in [0.15, 0.2) is 0 Å². The van der Waals surface area contributed by atoms with Gasteiger partial charge < -0.3 is 5.11 Å². The highest BCUT2D eigenvalue weighted by molar-refractivity contribution is 5.78. The summed E-state index contributed by atoms with van der Waals surface area (Å²) in [7, 11) is 0. The van der Waals surface area contributed by atoms with Crippen LogP contribution in [0.5, 0.6) is 0 Å². The summed E-state index contributed by atoms with van der Waals surface area (Å²) in [6.45, 7) is -0.0863. The van der Waals surface area contributed by atoms with Crippen LogP contribution < -0.4 is 0 Å². The average Bonchev–Trinajstić information content (AvgIpc) is 2.38. The van der Waals surface area contributed by atoms with Gasteiger partial charge >= 0.3 is 0 Å². The van der Waals surface area contributed by atoms with Crippen LogP contribution in [0, 0.1) is 0 Å². The number of carbonyl (C=O) groups is 1. The molecule has 1 aromatic heterocycles. The number of aromatic nitrogens is 1. The van der Waals surface area contributed by atoms with Crippen molar-refractivity contribution in [1.29, 1.82) is 0 Å². The molecule has 0 saturated carbocycles. The maximum absolute atomic E-state index is 10.9. The molecule has 0 amide bonds. The van der Waals surface area contributed by atoms with Crippen molar-refractivity contribution in [3.8, 4) is 0 Å². The summed E-state index contributed by atoms with van der Waals surface area (Å²) in [5, 5.41) is 8.40. The molecule has 0 aliphatic heterocycles. The molecule has 1 N–H and O–H groups in total. The van der Waals surface area contributed by atoms with Gasteiger partial charge in [-0.25, -0.2) is 0 Å². The smallest absolute Gasteiger partial charge is 0.232 e. The maximum Gasteiger partial charge on any atom is 0.232 e. The number of carbonyl (C=O) groups excluding carboxylic acids is 1. The van der Waals surface area contributed by atoms with Gasteiger partial charge in [-0.05, 0) is 12.1 Å². The van der Waals surface area contributed by atoms with E-state index in [1.807, 2.05) is 0 Å². The summed E-state index contributed by atoms with van der Waals surface area (Å²) in [4.78, 5) is 10.9. The summed E-state index contributed by atoms with van der Waals surface area (Å²) in [5.74, 6) is -0.0764. The molecule has 3 nitrogen and oxygen atoms in total. The topological polar surface area (TPSA) is 42.2 Å².